The van der Waals surface area contributed by atoms with Crippen molar-refractivity contribution in [3.05, 3.63) is 87.8 Å². The number of Topliss-reactive ketones (excluding diaryl/α,β-unsaturated/α-hetero) is 1. The van der Waals surface area contributed by atoms with Crippen molar-refractivity contribution in [2.45, 2.75) is 37.1 Å². The molecular weight excluding hydrogens is 594 g/mol. The zero-order valence-corrected chi connectivity index (χ0v) is 25.7. The molecule has 1 saturated heterocycles. The third-order valence-corrected chi connectivity index (χ3v) is 9.85. The number of benzene rings is 3. The van der Waals surface area contributed by atoms with Crippen LogP contribution in [-0.2, 0) is 19.9 Å². The van der Waals surface area contributed by atoms with E-state index in [1.165, 1.54) is 12.0 Å². The summed E-state index contributed by atoms with van der Waals surface area (Å²) in [6.07, 6.45) is -0.789. The number of amides is 2. The smallest absolute Gasteiger partial charge is 0.262 e. The fraction of sp³-hybridized carbons (Fsp3) is 0.303. The van der Waals surface area contributed by atoms with E-state index in [2.05, 4.69) is 5.32 Å². The van der Waals surface area contributed by atoms with Gasteiger partial charge in [-0.1, -0.05) is 30.3 Å². The van der Waals surface area contributed by atoms with Crippen LogP contribution in [0.5, 0.6) is 11.5 Å². The fourth-order valence-corrected chi connectivity index (χ4v) is 7.51. The molecule has 1 fully saturated rings. The quantitative estimate of drug-likeness (QED) is 0.183. The van der Waals surface area contributed by atoms with Gasteiger partial charge in [-0.2, -0.15) is 0 Å². The molecule has 3 aromatic carbocycles. The Hall–Kier alpha value is -4.33. The number of rotatable bonds is 8. The van der Waals surface area contributed by atoms with Crippen molar-refractivity contribution in [3.63, 3.8) is 0 Å². The van der Waals surface area contributed by atoms with Crippen LogP contribution in [0.3, 0.4) is 0 Å². The number of aliphatic hydroxyl groups is 1. The first-order valence-electron chi connectivity index (χ1n) is 14.6. The minimum Gasteiger partial charge on any atom is -0.457 e. The van der Waals surface area contributed by atoms with Gasteiger partial charge in [0.2, 0.25) is 5.91 Å². The van der Waals surface area contributed by atoms with Crippen molar-refractivity contribution in [2.24, 2.45) is 11.5 Å². The number of nitrogens with zero attached hydrogens (tertiary/aromatic N) is 1. The van der Waals surface area contributed by atoms with Gasteiger partial charge in [-0.25, -0.2) is 0 Å². The maximum Gasteiger partial charge on any atom is 0.262 e. The highest BCUT2D eigenvalue weighted by Crippen LogP contribution is 2.50. The van der Waals surface area contributed by atoms with E-state index in [0.717, 1.165) is 16.9 Å². The van der Waals surface area contributed by atoms with Gasteiger partial charge in [0, 0.05) is 36.8 Å². The molecule has 6 rings (SSSR count). The minimum absolute atomic E-state index is 0.0894. The average Bonchev–Trinajstić information content (AvgIpc) is 3.60. The lowest BCUT2D eigenvalue weighted by atomic mass is 9.69. The molecule has 12 heteroatoms. The molecule has 0 saturated carbocycles. The molecule has 234 valence electrons. The molecule has 1 aromatic heterocycles. The standard InChI is InChI=1S/C33H35N5O6S/c1-17-14-19(44-18-6-4-3-5-7-18)8-9-20(17)33(36)21-10-11-22(34)29-26(21)27(28(35)31(33)41)30(45-29)32(42)37-23-15-38(16-24(23)39)25(40)12-13-43-2/h3-11,14,23-24,28,39H,12-13,15-16,34-36H2,1-2H3,(H,37,42)/t23-,24-,28?,33?/m0/s1. The number of β-amino-alcohol motifs (C(OH)–C–C–N with tert-alkyl or cyclic N) is 1. The van der Waals surface area contributed by atoms with E-state index in [0.29, 0.717) is 44.0 Å². The van der Waals surface area contributed by atoms with E-state index < -0.39 is 35.4 Å². The van der Waals surface area contributed by atoms with Gasteiger partial charge in [0.25, 0.3) is 5.91 Å². The SMILES string of the molecule is COCCC(=O)N1C[C@H](NC(=O)c2sc3c(N)ccc4c3c2C(N)C(=O)C4(N)c2ccc(Oc3ccccc3)cc2C)[C@@H](O)C1. The highest BCUT2D eigenvalue weighted by molar-refractivity contribution is 7.21. The van der Waals surface area contributed by atoms with Gasteiger partial charge in [-0.3, -0.25) is 14.4 Å². The summed E-state index contributed by atoms with van der Waals surface area (Å²) < 4.78 is 11.6. The Morgan fingerprint density at radius 2 is 1.82 bits per heavy atom. The second-order valence-electron chi connectivity index (χ2n) is 11.5. The highest BCUT2D eigenvalue weighted by Gasteiger charge is 2.49. The summed E-state index contributed by atoms with van der Waals surface area (Å²) in [6.45, 7) is 2.35. The molecule has 2 unspecified atom stereocenters. The summed E-state index contributed by atoms with van der Waals surface area (Å²) in [5.41, 5.74) is 21.0. The molecule has 8 N–H and O–H groups in total. The lowest BCUT2D eigenvalue weighted by molar-refractivity contribution is -0.131. The Labute approximate surface area is 263 Å². The summed E-state index contributed by atoms with van der Waals surface area (Å²) in [5.74, 6) is 0.0999. The van der Waals surface area contributed by atoms with Crippen LogP contribution >= 0.6 is 11.3 Å². The molecule has 2 amide bonds. The van der Waals surface area contributed by atoms with Gasteiger partial charge < -0.3 is 42.0 Å². The number of aryl methyl sites for hydroxylation is 1. The number of para-hydroxylation sites is 1. The number of hydrogen-bond acceptors (Lipinski definition) is 10. The molecule has 2 heterocycles. The first kappa shape index (κ1) is 30.7. The molecule has 45 heavy (non-hydrogen) atoms. The Kier molecular flexibility index (Phi) is 8.10. The van der Waals surface area contributed by atoms with Crippen molar-refractivity contribution >= 4 is 44.7 Å². The van der Waals surface area contributed by atoms with Crippen LogP contribution in [0.15, 0.2) is 60.7 Å². The van der Waals surface area contributed by atoms with Gasteiger partial charge in [0.05, 0.1) is 40.8 Å². The Morgan fingerprint density at radius 3 is 2.53 bits per heavy atom. The Bertz CT molecular complexity index is 1810. The monoisotopic (exact) mass is 629 g/mol. The molecule has 0 bridgehead atoms. The number of thiophene rings is 1. The molecule has 11 nitrogen and oxygen atoms in total. The summed E-state index contributed by atoms with van der Waals surface area (Å²) >= 11 is 1.13. The number of likely N-dealkylation sites (tertiary alicyclic amines) is 1. The van der Waals surface area contributed by atoms with Gasteiger partial charge in [-0.15, -0.1) is 11.3 Å². The van der Waals surface area contributed by atoms with Crippen LogP contribution < -0.4 is 27.3 Å². The zero-order chi connectivity index (χ0) is 32.0. The summed E-state index contributed by atoms with van der Waals surface area (Å²) in [6, 6.07) is 16.2. The van der Waals surface area contributed by atoms with Crippen LogP contribution in [0, 0.1) is 6.92 Å². The van der Waals surface area contributed by atoms with Crippen LogP contribution in [0.4, 0.5) is 5.69 Å². The number of ether oxygens (including phenoxy) is 2. The first-order chi connectivity index (χ1) is 21.5. The van der Waals surface area contributed by atoms with Crippen molar-refractivity contribution in [1.82, 2.24) is 10.2 Å². The third kappa shape index (κ3) is 5.24. The minimum atomic E-state index is -1.62. The lowest BCUT2D eigenvalue weighted by Gasteiger charge is -2.37. The summed E-state index contributed by atoms with van der Waals surface area (Å²) in [7, 11) is 1.51. The van der Waals surface area contributed by atoms with Crippen molar-refractivity contribution in [3.8, 4) is 11.5 Å². The molecule has 0 spiro atoms. The number of methoxy groups -OCH3 is 1. The Balaban J connectivity index is 1.35. The number of nitrogens with one attached hydrogen (secondary N) is 1. The molecule has 2 aliphatic rings. The lowest BCUT2D eigenvalue weighted by Crippen LogP contribution is -2.53. The predicted octanol–water partition coefficient (Wildman–Crippen LogP) is 2.71. The van der Waals surface area contributed by atoms with Crippen molar-refractivity contribution < 1.29 is 29.0 Å². The topological polar surface area (TPSA) is 183 Å². The van der Waals surface area contributed by atoms with Gasteiger partial charge in [0.15, 0.2) is 5.78 Å². The number of hydrogen-bond donors (Lipinski definition) is 5. The molecule has 1 aliphatic heterocycles. The molecule has 1 aliphatic carbocycles. The normalized spacial score (nSPS) is 22.6. The summed E-state index contributed by atoms with van der Waals surface area (Å²) in [5, 5.41) is 14.1. The maximum absolute atomic E-state index is 14.2. The zero-order valence-electron chi connectivity index (χ0n) is 24.9. The number of carbonyl (C=O) groups is 3. The van der Waals surface area contributed by atoms with E-state index in [4.69, 9.17) is 26.7 Å². The van der Waals surface area contributed by atoms with E-state index in [9.17, 15) is 19.5 Å². The summed E-state index contributed by atoms with van der Waals surface area (Å²) in [4.78, 5) is 42.1. The third-order valence-electron chi connectivity index (χ3n) is 8.60. The van der Waals surface area contributed by atoms with Crippen LogP contribution in [0.2, 0.25) is 0 Å². The molecular formula is C33H35N5O6S. The average molecular weight is 630 g/mol. The second kappa shape index (κ2) is 11.9. The van der Waals surface area contributed by atoms with Crippen molar-refractivity contribution in [2.75, 3.05) is 32.5 Å². The number of carbonyl (C=O) groups excluding carboxylic acids is 3. The van der Waals surface area contributed by atoms with Crippen LogP contribution in [0.25, 0.3) is 10.1 Å². The number of nitrogen functional groups attached to an aromatic ring is 1. The largest absolute Gasteiger partial charge is 0.457 e. The maximum atomic E-state index is 14.2. The molecule has 4 aromatic rings. The van der Waals surface area contributed by atoms with Crippen molar-refractivity contribution in [1.29, 1.82) is 0 Å². The van der Waals surface area contributed by atoms with Crippen LogP contribution in [0.1, 0.15) is 44.4 Å². The van der Waals surface area contributed by atoms with E-state index in [-0.39, 0.29) is 36.9 Å². The van der Waals surface area contributed by atoms with Crippen LogP contribution in [-0.4, -0.2) is 66.6 Å². The van der Waals surface area contributed by atoms with Gasteiger partial charge >= 0.3 is 0 Å². The van der Waals surface area contributed by atoms with E-state index in [1.807, 2.05) is 43.3 Å². The van der Waals surface area contributed by atoms with Gasteiger partial charge in [0.1, 0.15) is 17.0 Å². The molecule has 0 radical (unpaired) electrons. The number of aliphatic hydroxyl groups excluding tert-OH is 1. The Morgan fingerprint density at radius 1 is 1.09 bits per heavy atom. The second-order valence-corrected chi connectivity index (χ2v) is 12.5. The number of nitrogens with two attached hydrogens (primary N) is 3. The highest BCUT2D eigenvalue weighted by atomic mass is 32.1. The number of anilines is 1. The molecule has 4 atom stereocenters. The number of ketones is 1. The van der Waals surface area contributed by atoms with Gasteiger partial charge in [-0.05, 0) is 53.9 Å². The van der Waals surface area contributed by atoms with E-state index >= 15 is 0 Å². The fourth-order valence-electron chi connectivity index (χ4n) is 6.31. The van der Waals surface area contributed by atoms with E-state index in [1.54, 1.807) is 24.3 Å². The predicted molar refractivity (Wildman–Crippen MR) is 171 cm³/mol. The first-order valence-corrected chi connectivity index (χ1v) is 15.4.